The van der Waals surface area contributed by atoms with Crippen LogP contribution in [0.25, 0.3) is 0 Å². The van der Waals surface area contributed by atoms with Gasteiger partial charge in [0, 0.05) is 26.2 Å². The van der Waals surface area contributed by atoms with Gasteiger partial charge in [0.1, 0.15) is 0 Å². The predicted molar refractivity (Wildman–Crippen MR) is 125 cm³/mol. The highest BCUT2D eigenvalue weighted by atomic mass is 32.2. The van der Waals surface area contributed by atoms with Crippen molar-refractivity contribution in [2.75, 3.05) is 20.1 Å². The maximum Gasteiger partial charge on any atom is 0.243 e. The van der Waals surface area contributed by atoms with Crippen LogP contribution >= 0.6 is 0 Å². The van der Waals surface area contributed by atoms with Crippen LogP contribution in [0.5, 0.6) is 0 Å². The highest BCUT2D eigenvalue weighted by Crippen LogP contribution is 2.31. The molecule has 32 heavy (non-hydrogen) atoms. The van der Waals surface area contributed by atoms with Gasteiger partial charge in [-0.25, -0.2) is 16.8 Å². The fraction of sp³-hybridized carbons (Fsp3) is 0.500. The summed E-state index contributed by atoms with van der Waals surface area (Å²) in [6.07, 6.45) is 6.75. The Kier molecular flexibility index (Phi) is 7.05. The number of benzene rings is 2. The van der Waals surface area contributed by atoms with Gasteiger partial charge in [0.05, 0.1) is 9.79 Å². The zero-order valence-electron chi connectivity index (χ0n) is 18.6. The molecule has 1 aliphatic carbocycles. The number of hydrogen-bond acceptors (Lipinski definition) is 4. The third kappa shape index (κ3) is 4.78. The molecule has 0 N–H and O–H groups in total. The lowest BCUT2D eigenvalue weighted by Gasteiger charge is -2.32. The zero-order chi connectivity index (χ0) is 22.8. The van der Waals surface area contributed by atoms with Crippen LogP contribution in [0.2, 0.25) is 0 Å². The molecule has 1 heterocycles. The third-order valence-corrected chi connectivity index (χ3v) is 10.7. The molecule has 0 aromatic heterocycles. The normalized spacial score (nSPS) is 21.6. The fourth-order valence-electron chi connectivity index (χ4n) is 4.90. The van der Waals surface area contributed by atoms with Gasteiger partial charge in [0.15, 0.2) is 0 Å². The van der Waals surface area contributed by atoms with Crippen molar-refractivity contribution in [2.24, 2.45) is 0 Å². The second-order valence-corrected chi connectivity index (χ2v) is 12.8. The first kappa shape index (κ1) is 23.4. The van der Waals surface area contributed by atoms with E-state index in [9.17, 15) is 16.8 Å². The molecule has 0 bridgehead atoms. The topological polar surface area (TPSA) is 74.8 Å². The average molecular weight is 477 g/mol. The van der Waals surface area contributed by atoms with E-state index in [0.717, 1.165) is 50.5 Å². The summed E-state index contributed by atoms with van der Waals surface area (Å²) in [4.78, 5) is 0.288. The second-order valence-electron chi connectivity index (χ2n) is 8.90. The summed E-state index contributed by atoms with van der Waals surface area (Å²) in [6, 6.07) is 15.8. The van der Waals surface area contributed by atoms with Crippen LogP contribution in [0.4, 0.5) is 0 Å². The molecule has 1 unspecified atom stereocenters. The molecule has 8 heteroatoms. The van der Waals surface area contributed by atoms with Crippen LogP contribution in [0.1, 0.15) is 56.4 Å². The van der Waals surface area contributed by atoms with E-state index in [2.05, 4.69) is 0 Å². The molecule has 1 saturated carbocycles. The maximum absolute atomic E-state index is 13.3. The van der Waals surface area contributed by atoms with Crippen LogP contribution in [-0.2, 0) is 20.0 Å². The molecule has 6 nitrogen and oxygen atoms in total. The van der Waals surface area contributed by atoms with Crippen molar-refractivity contribution in [3.63, 3.8) is 0 Å². The molecule has 1 aliphatic heterocycles. The standard InChI is InChI=1S/C24H32N2O4S2/c1-25(22-12-6-3-7-13-22)31(27,28)23-14-16-24(17-15-23)32(29,30)26-18-8-11-21(19-26)20-9-4-2-5-10-20/h2,4-5,9-10,14-17,21-22H,3,6-8,11-13,18-19H2,1H3. The van der Waals surface area contributed by atoms with Crippen LogP contribution < -0.4 is 0 Å². The number of nitrogens with zero attached hydrogens (tertiary/aromatic N) is 2. The molecule has 2 aromatic rings. The van der Waals surface area contributed by atoms with Crippen molar-refractivity contribution in [1.29, 1.82) is 0 Å². The number of piperidine rings is 1. The monoisotopic (exact) mass is 476 g/mol. The van der Waals surface area contributed by atoms with Crippen LogP contribution in [0.15, 0.2) is 64.4 Å². The lowest BCUT2D eigenvalue weighted by atomic mass is 9.92. The van der Waals surface area contributed by atoms with E-state index in [1.165, 1.54) is 32.9 Å². The van der Waals surface area contributed by atoms with Crippen molar-refractivity contribution in [3.8, 4) is 0 Å². The highest BCUT2D eigenvalue weighted by molar-refractivity contribution is 7.89. The Hall–Kier alpha value is -1.74. The lowest BCUT2D eigenvalue weighted by molar-refractivity contribution is 0.286. The molecule has 0 radical (unpaired) electrons. The van der Waals surface area contributed by atoms with Gasteiger partial charge in [0.2, 0.25) is 20.0 Å². The van der Waals surface area contributed by atoms with Gasteiger partial charge in [-0.2, -0.15) is 8.61 Å². The van der Waals surface area contributed by atoms with E-state index in [1.54, 1.807) is 7.05 Å². The van der Waals surface area contributed by atoms with Gasteiger partial charge in [-0.1, -0.05) is 49.6 Å². The van der Waals surface area contributed by atoms with Gasteiger partial charge >= 0.3 is 0 Å². The molecule has 2 aliphatic rings. The van der Waals surface area contributed by atoms with E-state index in [-0.39, 0.29) is 21.8 Å². The first-order chi connectivity index (χ1) is 15.3. The van der Waals surface area contributed by atoms with Crippen molar-refractivity contribution in [2.45, 2.75) is 66.7 Å². The predicted octanol–water partition coefficient (Wildman–Crippen LogP) is 4.21. The summed E-state index contributed by atoms with van der Waals surface area (Å²) in [5.41, 5.74) is 1.15. The van der Waals surface area contributed by atoms with Crippen molar-refractivity contribution >= 4 is 20.0 Å². The Morgan fingerprint density at radius 1 is 0.781 bits per heavy atom. The van der Waals surface area contributed by atoms with E-state index in [1.807, 2.05) is 30.3 Å². The molecular weight excluding hydrogens is 444 g/mol. The van der Waals surface area contributed by atoms with Crippen molar-refractivity contribution in [3.05, 3.63) is 60.2 Å². The maximum atomic E-state index is 13.3. The molecule has 2 aromatic carbocycles. The smallest absolute Gasteiger partial charge is 0.207 e. The Morgan fingerprint density at radius 3 is 2.06 bits per heavy atom. The highest BCUT2D eigenvalue weighted by Gasteiger charge is 2.32. The van der Waals surface area contributed by atoms with E-state index in [0.29, 0.717) is 13.1 Å². The van der Waals surface area contributed by atoms with Gasteiger partial charge < -0.3 is 0 Å². The molecular formula is C24H32N2O4S2. The van der Waals surface area contributed by atoms with Gasteiger partial charge in [-0.3, -0.25) is 0 Å². The van der Waals surface area contributed by atoms with Crippen LogP contribution in [0, 0.1) is 0 Å². The summed E-state index contributed by atoms with van der Waals surface area (Å²) in [5, 5.41) is 0. The summed E-state index contributed by atoms with van der Waals surface area (Å²) < 4.78 is 55.7. The first-order valence-electron chi connectivity index (χ1n) is 11.4. The molecule has 0 amide bonds. The van der Waals surface area contributed by atoms with Crippen LogP contribution in [0.3, 0.4) is 0 Å². The largest absolute Gasteiger partial charge is 0.243 e. The van der Waals surface area contributed by atoms with Gasteiger partial charge in [-0.15, -0.1) is 0 Å². The summed E-state index contributed by atoms with van der Waals surface area (Å²) >= 11 is 0. The fourth-order valence-corrected chi connectivity index (χ4v) is 7.84. The third-order valence-electron chi connectivity index (χ3n) is 6.88. The van der Waals surface area contributed by atoms with E-state index in [4.69, 9.17) is 0 Å². The zero-order valence-corrected chi connectivity index (χ0v) is 20.2. The minimum absolute atomic E-state index is 0.0143. The lowest BCUT2D eigenvalue weighted by Crippen LogP contribution is -2.39. The number of hydrogen-bond donors (Lipinski definition) is 0. The van der Waals surface area contributed by atoms with Crippen LogP contribution in [-0.4, -0.2) is 51.6 Å². The summed E-state index contributed by atoms with van der Waals surface area (Å²) in [6.45, 7) is 0.924. The van der Waals surface area contributed by atoms with E-state index >= 15 is 0 Å². The van der Waals surface area contributed by atoms with Gasteiger partial charge in [-0.05, 0) is 61.4 Å². The molecule has 4 rings (SSSR count). The Balaban J connectivity index is 1.51. The summed E-state index contributed by atoms with van der Waals surface area (Å²) in [5.74, 6) is 0.170. The molecule has 174 valence electrons. The second kappa shape index (κ2) is 9.63. The van der Waals surface area contributed by atoms with Crippen molar-refractivity contribution in [1.82, 2.24) is 8.61 Å². The Morgan fingerprint density at radius 2 is 1.41 bits per heavy atom. The Labute approximate surface area is 192 Å². The van der Waals surface area contributed by atoms with E-state index < -0.39 is 20.0 Å². The number of sulfonamides is 2. The molecule has 0 spiro atoms. The minimum atomic E-state index is -3.68. The van der Waals surface area contributed by atoms with Gasteiger partial charge in [0.25, 0.3) is 0 Å². The van der Waals surface area contributed by atoms with Crippen molar-refractivity contribution < 1.29 is 16.8 Å². The molecule has 1 saturated heterocycles. The SMILES string of the molecule is CN(C1CCCCC1)S(=O)(=O)c1ccc(S(=O)(=O)N2CCCC(c3ccccc3)C2)cc1. The first-order valence-corrected chi connectivity index (χ1v) is 14.3. The summed E-state index contributed by atoms with van der Waals surface area (Å²) in [7, 11) is -5.69. The Bertz CT molecular complexity index is 1110. The molecule has 2 fully saturated rings. The molecule has 1 atom stereocenters. The quantitative estimate of drug-likeness (QED) is 0.626. The average Bonchev–Trinajstić information content (AvgIpc) is 2.85. The number of rotatable bonds is 6. The minimum Gasteiger partial charge on any atom is -0.207 e.